The molecule has 5 unspecified atom stereocenters. The Morgan fingerprint density at radius 2 is 1.42 bits per heavy atom. The molecule has 15 nitrogen and oxygen atoms in total. The molecule has 0 aliphatic carbocycles. The molecule has 5 aromatic rings. The molecule has 298 valence electrons. The first-order valence-electron chi connectivity index (χ1n) is 18.1. The van der Waals surface area contributed by atoms with Crippen molar-refractivity contribution in [3.05, 3.63) is 100 Å². The van der Waals surface area contributed by atoms with Crippen LogP contribution in [0.5, 0.6) is 5.75 Å². The molecule has 57 heavy (non-hydrogen) atoms. The normalized spacial score (nSPS) is 19.1. The van der Waals surface area contributed by atoms with Crippen molar-refractivity contribution in [3.8, 4) is 16.9 Å². The number of furan rings is 1. The lowest BCUT2D eigenvalue weighted by molar-refractivity contribution is -0.308. The highest BCUT2D eigenvalue weighted by Crippen LogP contribution is 2.40. The van der Waals surface area contributed by atoms with E-state index in [2.05, 4.69) is 0 Å². The van der Waals surface area contributed by atoms with Crippen LogP contribution in [0.15, 0.2) is 86.4 Å². The van der Waals surface area contributed by atoms with Crippen molar-refractivity contribution in [2.75, 3.05) is 19.8 Å². The van der Waals surface area contributed by atoms with Crippen molar-refractivity contribution in [1.29, 1.82) is 0 Å². The third kappa shape index (κ3) is 9.39. The van der Waals surface area contributed by atoms with Crippen molar-refractivity contribution in [3.63, 3.8) is 0 Å². The third-order valence-electron chi connectivity index (χ3n) is 8.92. The van der Waals surface area contributed by atoms with Gasteiger partial charge in [-0.3, -0.25) is 24.0 Å². The number of esters is 4. The van der Waals surface area contributed by atoms with Gasteiger partial charge in [0.2, 0.25) is 5.78 Å². The summed E-state index contributed by atoms with van der Waals surface area (Å²) in [6, 6.07) is 20.7. The van der Waals surface area contributed by atoms with Crippen LogP contribution < -0.4 is 10.4 Å². The van der Waals surface area contributed by atoms with Crippen molar-refractivity contribution >= 4 is 51.6 Å². The number of carbonyl (C=O) groups excluding carboxylic acids is 5. The Kier molecular flexibility index (Phi) is 12.5. The second-order valence-corrected chi connectivity index (χ2v) is 13.2. The zero-order valence-corrected chi connectivity index (χ0v) is 31.8. The second-order valence-electron chi connectivity index (χ2n) is 13.2. The maximum Gasteiger partial charge on any atom is 0.336 e. The lowest BCUT2D eigenvalue weighted by Crippen LogP contribution is -2.63. The zero-order valence-electron chi connectivity index (χ0n) is 31.8. The summed E-state index contributed by atoms with van der Waals surface area (Å²) in [4.78, 5) is 74.4. The Balaban J connectivity index is 1.18. The van der Waals surface area contributed by atoms with Crippen LogP contribution in [0.4, 0.5) is 0 Å². The van der Waals surface area contributed by atoms with Crippen molar-refractivity contribution in [2.24, 2.45) is 0 Å². The van der Waals surface area contributed by atoms with Crippen LogP contribution in [0, 0.1) is 6.92 Å². The average Bonchev–Trinajstić information content (AvgIpc) is 3.56. The predicted molar refractivity (Wildman–Crippen MR) is 200 cm³/mol. The Labute approximate surface area is 325 Å². The van der Waals surface area contributed by atoms with Crippen LogP contribution >= 0.6 is 0 Å². The van der Waals surface area contributed by atoms with Gasteiger partial charge < -0.3 is 42.0 Å². The van der Waals surface area contributed by atoms with Gasteiger partial charge in [-0.25, -0.2) is 4.79 Å². The highest BCUT2D eigenvalue weighted by Gasteiger charge is 2.52. The first kappa shape index (κ1) is 40.3. The molecule has 0 radical (unpaired) electrons. The smallest absolute Gasteiger partial charge is 0.336 e. The van der Waals surface area contributed by atoms with Crippen molar-refractivity contribution in [2.45, 2.75) is 71.7 Å². The largest absolute Gasteiger partial charge is 0.493 e. The lowest BCUT2D eigenvalue weighted by Gasteiger charge is -2.44. The van der Waals surface area contributed by atoms with E-state index in [1.807, 2.05) is 37.3 Å². The molecule has 0 N–H and O–H groups in total. The molecule has 15 heteroatoms. The number of ketones is 1. The summed E-state index contributed by atoms with van der Waals surface area (Å²) in [5, 5.41) is 1.22. The van der Waals surface area contributed by atoms with Gasteiger partial charge in [-0.05, 0) is 42.3 Å². The summed E-state index contributed by atoms with van der Waals surface area (Å²) in [6.45, 7) is 6.09. The Morgan fingerprint density at radius 1 is 0.719 bits per heavy atom. The number of fused-ring (bicyclic) bond motifs is 3. The molecule has 1 aliphatic rings. The van der Waals surface area contributed by atoms with E-state index in [1.54, 1.807) is 36.4 Å². The standard InChI is InChI=1S/C42H40O15/c1-22-19-33(47)57-37-30(22)15-16-31-35(37)34(27-11-7-6-8-12-27)39(55-31)36(48)28-13-9-14-29(20-28)49-17-10-18-50-42-41(54-26(5)46)40(53-25(4)45)38(52-24(3)44)32(56-42)21-51-23(2)43/h6-9,11-16,19-20,32,38,40-42H,10,17-18,21H2,1-5H3. The van der Waals surface area contributed by atoms with E-state index in [-0.39, 0.29) is 37.6 Å². The predicted octanol–water partition coefficient (Wildman–Crippen LogP) is 5.61. The maximum absolute atomic E-state index is 14.2. The SMILES string of the molecule is CC(=O)OCC1OC(OCCCOc2cccc(C(=O)c3oc4ccc5c(C)cc(=O)oc5c4c3-c3ccccc3)c2)C(OC(C)=O)C(OC(C)=O)C1OC(C)=O. The molecule has 3 aromatic carbocycles. The first-order chi connectivity index (χ1) is 27.3. The fourth-order valence-corrected chi connectivity index (χ4v) is 6.63. The number of ether oxygens (including phenoxy) is 7. The summed E-state index contributed by atoms with van der Waals surface area (Å²) >= 11 is 0. The van der Waals surface area contributed by atoms with Gasteiger partial charge in [0.05, 0.1) is 18.6 Å². The van der Waals surface area contributed by atoms with Crippen molar-refractivity contribution < 1.29 is 66.0 Å². The summed E-state index contributed by atoms with van der Waals surface area (Å²) in [6.07, 6.45) is -6.23. The van der Waals surface area contributed by atoms with Gasteiger partial charge in [0.1, 0.15) is 29.6 Å². The number of carbonyl (C=O) groups is 5. The number of benzene rings is 3. The Bertz CT molecular complexity index is 2360. The number of hydrogen-bond donors (Lipinski definition) is 0. The maximum atomic E-state index is 14.2. The molecule has 0 bridgehead atoms. The molecule has 3 heterocycles. The molecule has 5 atom stereocenters. The topological polar surface area (TPSA) is 193 Å². The summed E-state index contributed by atoms with van der Waals surface area (Å²) in [7, 11) is 0. The van der Waals surface area contributed by atoms with E-state index in [0.717, 1.165) is 26.3 Å². The molecule has 0 spiro atoms. The summed E-state index contributed by atoms with van der Waals surface area (Å²) in [5.41, 5.74) is 2.36. The molecule has 6 rings (SSSR count). The highest BCUT2D eigenvalue weighted by molar-refractivity contribution is 6.20. The fourth-order valence-electron chi connectivity index (χ4n) is 6.63. The van der Waals surface area contributed by atoms with Crippen LogP contribution in [0.1, 0.15) is 55.8 Å². The average molecular weight is 785 g/mol. The molecule has 1 saturated heterocycles. The van der Waals surface area contributed by atoms with E-state index in [0.29, 0.717) is 38.8 Å². The van der Waals surface area contributed by atoms with E-state index in [9.17, 15) is 28.8 Å². The van der Waals surface area contributed by atoms with Crippen LogP contribution in [0.25, 0.3) is 33.1 Å². The Hall–Kier alpha value is -6.32. The monoisotopic (exact) mass is 784 g/mol. The van der Waals surface area contributed by atoms with E-state index in [1.165, 1.54) is 13.0 Å². The number of aryl methyl sites for hydroxylation is 1. The van der Waals surface area contributed by atoms with Crippen LogP contribution in [-0.2, 0) is 47.6 Å². The molecular formula is C42H40O15. The molecule has 0 saturated carbocycles. The third-order valence-corrected chi connectivity index (χ3v) is 8.92. The highest BCUT2D eigenvalue weighted by atomic mass is 16.7. The second kappa shape index (κ2) is 17.6. The summed E-state index contributed by atoms with van der Waals surface area (Å²) < 4.78 is 51.1. The van der Waals surface area contributed by atoms with Gasteiger partial charge in [0.25, 0.3) is 0 Å². The quantitative estimate of drug-likeness (QED) is 0.0443. The minimum absolute atomic E-state index is 0.0185. The van der Waals surface area contributed by atoms with Crippen LogP contribution in [0.2, 0.25) is 0 Å². The summed E-state index contributed by atoms with van der Waals surface area (Å²) in [5.74, 6) is -2.89. The van der Waals surface area contributed by atoms with Crippen LogP contribution in [0.3, 0.4) is 0 Å². The van der Waals surface area contributed by atoms with Gasteiger partial charge in [-0.2, -0.15) is 0 Å². The first-order valence-corrected chi connectivity index (χ1v) is 18.1. The minimum atomic E-state index is -1.36. The van der Waals surface area contributed by atoms with Crippen LogP contribution in [-0.4, -0.2) is 80.2 Å². The van der Waals surface area contributed by atoms with Gasteiger partial charge in [-0.1, -0.05) is 42.5 Å². The Morgan fingerprint density at radius 3 is 2.12 bits per heavy atom. The molecule has 2 aromatic heterocycles. The van der Waals surface area contributed by atoms with Gasteiger partial charge in [0.15, 0.2) is 30.4 Å². The van der Waals surface area contributed by atoms with E-state index in [4.69, 9.17) is 42.0 Å². The van der Waals surface area contributed by atoms with Gasteiger partial charge in [0, 0.05) is 56.7 Å². The number of hydrogen-bond acceptors (Lipinski definition) is 15. The minimum Gasteiger partial charge on any atom is -0.493 e. The van der Waals surface area contributed by atoms with E-state index >= 15 is 0 Å². The molecule has 1 aliphatic heterocycles. The molecule has 0 amide bonds. The zero-order chi connectivity index (χ0) is 40.8. The van der Waals surface area contributed by atoms with Crippen molar-refractivity contribution in [1.82, 2.24) is 0 Å². The fraction of sp³-hybridized carbons (Fsp3) is 0.333. The lowest BCUT2D eigenvalue weighted by atomic mass is 9.96. The molecule has 1 fully saturated rings. The number of rotatable bonds is 14. The molecular weight excluding hydrogens is 744 g/mol. The van der Waals surface area contributed by atoms with Gasteiger partial charge >= 0.3 is 29.5 Å². The van der Waals surface area contributed by atoms with E-state index < -0.39 is 66.0 Å². The van der Waals surface area contributed by atoms with Gasteiger partial charge in [-0.15, -0.1) is 0 Å².